The molecule has 29 heavy (non-hydrogen) atoms. The number of ether oxygens (including phenoxy) is 1. The van der Waals surface area contributed by atoms with Crippen LogP contribution in [-0.4, -0.2) is 25.4 Å². The number of amides is 1. The van der Waals surface area contributed by atoms with Gasteiger partial charge in [0.1, 0.15) is 17.3 Å². The van der Waals surface area contributed by atoms with Crippen LogP contribution in [-0.2, 0) is 10.0 Å². The summed E-state index contributed by atoms with van der Waals surface area (Å²) in [7, 11) is -4.18. The van der Waals surface area contributed by atoms with Gasteiger partial charge in [0.25, 0.3) is 15.9 Å². The summed E-state index contributed by atoms with van der Waals surface area (Å²) in [5.41, 5.74) is 0.0318. The number of carboxylic acid groups (broad SMARTS) is 1. The number of aromatic carboxylic acids is 1. The average molecular weight is 415 g/mol. The largest absolute Gasteiger partial charge is 0.478 e. The Balaban J connectivity index is 1.78. The number of rotatable bonds is 6. The molecule has 0 unspecified atom stereocenters. The van der Waals surface area contributed by atoms with E-state index >= 15 is 0 Å². The molecule has 0 aliphatic rings. The number of carbonyl (C=O) groups is 2. The number of hydrogen-bond donors (Lipinski definition) is 2. The molecule has 3 aromatic rings. The third-order valence-corrected chi connectivity index (χ3v) is 5.11. The maximum Gasteiger partial charge on any atom is 0.335 e. The normalized spacial score (nSPS) is 10.9. The van der Waals surface area contributed by atoms with Crippen LogP contribution in [0.5, 0.6) is 11.5 Å². The number of benzene rings is 3. The average Bonchev–Trinajstić information content (AvgIpc) is 2.68. The van der Waals surface area contributed by atoms with Crippen molar-refractivity contribution in [1.29, 1.82) is 0 Å². The Labute approximate surface area is 165 Å². The summed E-state index contributed by atoms with van der Waals surface area (Å²) in [5.74, 6) is -2.18. The minimum Gasteiger partial charge on any atom is -0.478 e. The van der Waals surface area contributed by atoms with Crippen molar-refractivity contribution in [1.82, 2.24) is 4.72 Å². The highest BCUT2D eigenvalue weighted by atomic mass is 32.2. The van der Waals surface area contributed by atoms with Crippen LogP contribution in [0.2, 0.25) is 0 Å². The lowest BCUT2D eigenvalue weighted by atomic mass is 10.2. The molecule has 0 bridgehead atoms. The summed E-state index contributed by atoms with van der Waals surface area (Å²) in [4.78, 5) is 23.1. The Hall–Kier alpha value is -3.72. The van der Waals surface area contributed by atoms with Gasteiger partial charge in [0.2, 0.25) is 0 Å². The molecule has 0 atom stereocenters. The minimum absolute atomic E-state index is 0.00239. The van der Waals surface area contributed by atoms with Gasteiger partial charge in [-0.05, 0) is 60.7 Å². The van der Waals surface area contributed by atoms with E-state index in [1.54, 1.807) is 0 Å². The van der Waals surface area contributed by atoms with E-state index in [4.69, 9.17) is 9.84 Å². The van der Waals surface area contributed by atoms with Gasteiger partial charge in [-0.25, -0.2) is 22.3 Å². The number of sulfonamides is 1. The molecule has 3 rings (SSSR count). The quantitative estimate of drug-likeness (QED) is 0.638. The molecule has 148 valence electrons. The molecule has 0 aliphatic heterocycles. The summed E-state index contributed by atoms with van der Waals surface area (Å²) in [6.45, 7) is 0. The van der Waals surface area contributed by atoms with Crippen LogP contribution in [0.1, 0.15) is 20.7 Å². The Kier molecular flexibility index (Phi) is 5.60. The van der Waals surface area contributed by atoms with Crippen LogP contribution >= 0.6 is 0 Å². The molecule has 0 saturated heterocycles. The van der Waals surface area contributed by atoms with Gasteiger partial charge in [-0.1, -0.05) is 12.1 Å². The number of nitrogens with one attached hydrogen (secondary N) is 1. The van der Waals surface area contributed by atoms with E-state index in [0.717, 1.165) is 24.3 Å². The Morgan fingerprint density at radius 3 is 2.00 bits per heavy atom. The molecule has 1 amide bonds. The number of halogens is 1. The van der Waals surface area contributed by atoms with Crippen molar-refractivity contribution in [2.24, 2.45) is 0 Å². The minimum atomic E-state index is -4.18. The second-order valence-electron chi connectivity index (χ2n) is 5.85. The maximum absolute atomic E-state index is 13.0. The van der Waals surface area contributed by atoms with Gasteiger partial charge in [-0.3, -0.25) is 4.79 Å². The molecule has 0 aliphatic carbocycles. The fraction of sp³-hybridized carbons (Fsp3) is 0. The number of hydrogen-bond acceptors (Lipinski definition) is 5. The van der Waals surface area contributed by atoms with Crippen molar-refractivity contribution < 1.29 is 32.2 Å². The SMILES string of the molecule is O=C(O)c1cccc(Oc2cccc(C(=O)NS(=O)(=O)c3ccc(F)cc3)c2)c1. The molecule has 0 radical (unpaired) electrons. The predicted octanol–water partition coefficient (Wildman–Crippen LogP) is 3.43. The maximum atomic E-state index is 13.0. The molecule has 0 saturated carbocycles. The van der Waals surface area contributed by atoms with Crippen molar-refractivity contribution in [3.05, 3.63) is 89.7 Å². The number of carboxylic acids is 1. The highest BCUT2D eigenvalue weighted by Crippen LogP contribution is 2.23. The Morgan fingerprint density at radius 1 is 0.862 bits per heavy atom. The molecule has 0 heterocycles. The fourth-order valence-corrected chi connectivity index (χ4v) is 3.36. The first kappa shape index (κ1) is 20.0. The zero-order valence-electron chi connectivity index (χ0n) is 14.7. The first-order valence-corrected chi connectivity index (χ1v) is 9.67. The zero-order valence-corrected chi connectivity index (χ0v) is 15.5. The van der Waals surface area contributed by atoms with Gasteiger partial charge in [0, 0.05) is 5.56 Å². The first-order valence-electron chi connectivity index (χ1n) is 8.18. The van der Waals surface area contributed by atoms with E-state index in [1.165, 1.54) is 48.5 Å². The third kappa shape index (κ3) is 4.96. The molecule has 0 spiro atoms. The molecule has 3 aromatic carbocycles. The van der Waals surface area contributed by atoms with Crippen molar-refractivity contribution in [3.63, 3.8) is 0 Å². The summed E-state index contributed by atoms with van der Waals surface area (Å²) in [6.07, 6.45) is 0. The van der Waals surface area contributed by atoms with Gasteiger partial charge in [0.05, 0.1) is 10.5 Å². The Morgan fingerprint density at radius 2 is 1.41 bits per heavy atom. The van der Waals surface area contributed by atoms with Gasteiger partial charge >= 0.3 is 5.97 Å². The van der Waals surface area contributed by atoms with Gasteiger partial charge in [0.15, 0.2) is 0 Å². The van der Waals surface area contributed by atoms with Crippen molar-refractivity contribution >= 4 is 21.9 Å². The van der Waals surface area contributed by atoms with Crippen LogP contribution in [0.4, 0.5) is 4.39 Å². The van der Waals surface area contributed by atoms with Crippen LogP contribution in [0.25, 0.3) is 0 Å². The monoisotopic (exact) mass is 415 g/mol. The molecular weight excluding hydrogens is 401 g/mol. The van der Waals surface area contributed by atoms with Gasteiger partial charge < -0.3 is 9.84 Å². The second kappa shape index (κ2) is 8.11. The fourth-order valence-electron chi connectivity index (χ4n) is 2.38. The lowest BCUT2D eigenvalue weighted by Gasteiger charge is -2.09. The van der Waals surface area contributed by atoms with E-state index in [9.17, 15) is 22.4 Å². The molecule has 9 heteroatoms. The highest BCUT2D eigenvalue weighted by Gasteiger charge is 2.19. The summed E-state index contributed by atoms with van der Waals surface area (Å²) < 4.78 is 44.9. The van der Waals surface area contributed by atoms with Gasteiger partial charge in [-0.2, -0.15) is 0 Å². The van der Waals surface area contributed by atoms with E-state index < -0.39 is 27.7 Å². The van der Waals surface area contributed by atoms with Crippen LogP contribution in [0, 0.1) is 5.82 Å². The Bertz CT molecular complexity index is 1180. The number of carbonyl (C=O) groups excluding carboxylic acids is 1. The lowest BCUT2D eigenvalue weighted by Crippen LogP contribution is -2.30. The standard InChI is InChI=1S/C20H14FNO6S/c21-15-7-9-18(10-8-15)29(26,27)22-19(23)13-3-1-5-16(11-13)28-17-6-2-4-14(12-17)20(24)25/h1-12H,(H,22,23)(H,24,25). The third-order valence-electron chi connectivity index (χ3n) is 3.76. The van der Waals surface area contributed by atoms with Crippen molar-refractivity contribution in [3.8, 4) is 11.5 Å². The van der Waals surface area contributed by atoms with Crippen molar-refractivity contribution in [2.75, 3.05) is 0 Å². The van der Waals surface area contributed by atoms with Crippen LogP contribution in [0.15, 0.2) is 77.7 Å². The van der Waals surface area contributed by atoms with E-state index in [-0.39, 0.29) is 27.5 Å². The molecule has 0 aromatic heterocycles. The smallest absolute Gasteiger partial charge is 0.335 e. The highest BCUT2D eigenvalue weighted by molar-refractivity contribution is 7.90. The summed E-state index contributed by atoms with van der Waals surface area (Å²) >= 11 is 0. The van der Waals surface area contributed by atoms with Gasteiger partial charge in [-0.15, -0.1) is 0 Å². The summed E-state index contributed by atoms with van der Waals surface area (Å²) in [5, 5.41) is 9.02. The molecule has 2 N–H and O–H groups in total. The molecule has 0 fully saturated rings. The van der Waals surface area contributed by atoms with Crippen LogP contribution < -0.4 is 9.46 Å². The second-order valence-corrected chi connectivity index (χ2v) is 7.53. The first-order chi connectivity index (χ1) is 13.7. The van der Waals surface area contributed by atoms with E-state index in [0.29, 0.717) is 0 Å². The van der Waals surface area contributed by atoms with E-state index in [2.05, 4.69) is 0 Å². The van der Waals surface area contributed by atoms with Crippen molar-refractivity contribution in [2.45, 2.75) is 4.90 Å². The predicted molar refractivity (Wildman–Crippen MR) is 101 cm³/mol. The summed E-state index contributed by atoms with van der Waals surface area (Å²) in [6, 6.07) is 15.5. The lowest BCUT2D eigenvalue weighted by molar-refractivity contribution is 0.0696. The molecule has 7 nitrogen and oxygen atoms in total. The molecular formula is C20H14FNO6S. The van der Waals surface area contributed by atoms with E-state index in [1.807, 2.05) is 4.72 Å². The zero-order chi connectivity index (χ0) is 21.0. The topological polar surface area (TPSA) is 110 Å². The van der Waals surface area contributed by atoms with Crippen LogP contribution in [0.3, 0.4) is 0 Å².